The molecular weight excluding hydrogens is 328 g/mol. The number of anilines is 2. The molecule has 8 heteroatoms. The Morgan fingerprint density at radius 3 is 2.72 bits per heavy atom. The molecule has 0 fully saturated rings. The molecule has 1 aliphatic rings. The third-order valence-electron chi connectivity index (χ3n) is 3.59. The number of rotatable bonds is 4. The molecule has 2 aromatic carbocycles. The molecule has 0 radical (unpaired) electrons. The van der Waals surface area contributed by atoms with E-state index in [0.29, 0.717) is 11.4 Å². The normalized spacial score (nSPS) is 13.0. The molecule has 25 heavy (non-hydrogen) atoms. The lowest BCUT2D eigenvalue weighted by molar-refractivity contribution is -0.133. The summed E-state index contributed by atoms with van der Waals surface area (Å²) in [4.78, 5) is 36.5. The molecule has 0 aromatic heterocycles. The number of hydrogen-bond donors (Lipinski definition) is 3. The number of fused-ring (bicyclic) bond motifs is 1. The molecule has 0 aliphatic carbocycles. The number of ether oxygens (including phenoxy) is 1. The van der Waals surface area contributed by atoms with Crippen molar-refractivity contribution in [1.29, 1.82) is 0 Å². The van der Waals surface area contributed by atoms with Crippen molar-refractivity contribution in [3.63, 3.8) is 0 Å². The van der Waals surface area contributed by atoms with E-state index < -0.39 is 23.6 Å². The summed E-state index contributed by atoms with van der Waals surface area (Å²) in [6.45, 7) is -0.185. The summed E-state index contributed by atoms with van der Waals surface area (Å²) in [6, 6.07) is 10.6. The summed E-state index contributed by atoms with van der Waals surface area (Å²) in [5, 5.41) is 21.0. The molecule has 3 N–H and O–H groups in total. The first-order valence-electron chi connectivity index (χ1n) is 7.35. The molecule has 0 saturated heterocycles. The van der Waals surface area contributed by atoms with Crippen LogP contribution in [0.15, 0.2) is 42.5 Å². The van der Waals surface area contributed by atoms with Crippen molar-refractivity contribution in [3.05, 3.63) is 48.0 Å². The van der Waals surface area contributed by atoms with Gasteiger partial charge in [-0.3, -0.25) is 4.79 Å². The Morgan fingerprint density at radius 2 is 1.96 bits per heavy atom. The minimum atomic E-state index is -1.30. The number of nitrogens with zero attached hydrogens (tertiary/aromatic N) is 1. The lowest BCUT2D eigenvalue weighted by atomic mass is 10.1. The highest BCUT2D eigenvalue weighted by Gasteiger charge is 2.25. The van der Waals surface area contributed by atoms with E-state index in [2.05, 4.69) is 5.32 Å². The molecule has 128 valence electrons. The van der Waals surface area contributed by atoms with E-state index in [1.54, 1.807) is 29.2 Å². The highest BCUT2D eigenvalue weighted by Crippen LogP contribution is 2.31. The molecule has 0 unspecified atom stereocenters. The number of benzene rings is 2. The Balaban J connectivity index is 1.74. The Kier molecular flexibility index (Phi) is 4.25. The average molecular weight is 342 g/mol. The van der Waals surface area contributed by atoms with Gasteiger partial charge in [-0.1, -0.05) is 12.1 Å². The zero-order valence-corrected chi connectivity index (χ0v) is 12.9. The Bertz CT molecular complexity index is 864. The number of para-hydroxylation sites is 2. The van der Waals surface area contributed by atoms with Crippen molar-refractivity contribution in [2.45, 2.75) is 0 Å². The Morgan fingerprint density at radius 1 is 1.20 bits per heavy atom. The van der Waals surface area contributed by atoms with Crippen LogP contribution in [0.2, 0.25) is 0 Å². The maximum absolute atomic E-state index is 12.2. The highest BCUT2D eigenvalue weighted by molar-refractivity contribution is 5.98. The van der Waals surface area contributed by atoms with Crippen LogP contribution in [0.3, 0.4) is 0 Å². The van der Waals surface area contributed by atoms with Crippen molar-refractivity contribution in [1.82, 2.24) is 0 Å². The van der Waals surface area contributed by atoms with Crippen molar-refractivity contribution >= 4 is 29.2 Å². The second kappa shape index (κ2) is 6.52. The van der Waals surface area contributed by atoms with Crippen molar-refractivity contribution in [2.24, 2.45) is 0 Å². The summed E-state index contributed by atoms with van der Waals surface area (Å²) in [6.07, 6.45) is 0. The summed E-state index contributed by atoms with van der Waals surface area (Å²) >= 11 is 0. The van der Waals surface area contributed by atoms with Gasteiger partial charge in [0, 0.05) is 5.69 Å². The molecule has 1 amide bonds. The van der Waals surface area contributed by atoms with Crippen molar-refractivity contribution in [2.75, 3.05) is 23.3 Å². The largest absolute Gasteiger partial charge is 0.507 e. The molecule has 0 atom stereocenters. The van der Waals surface area contributed by atoms with Gasteiger partial charge in [0.05, 0.1) is 12.2 Å². The molecule has 0 spiro atoms. The third-order valence-corrected chi connectivity index (χ3v) is 3.59. The molecule has 3 rings (SSSR count). The van der Waals surface area contributed by atoms with Crippen LogP contribution in [0.5, 0.6) is 11.5 Å². The van der Waals surface area contributed by atoms with Gasteiger partial charge in [-0.25, -0.2) is 9.59 Å². The van der Waals surface area contributed by atoms with E-state index in [-0.39, 0.29) is 24.3 Å². The van der Waals surface area contributed by atoms with Crippen LogP contribution >= 0.6 is 0 Å². The number of phenols is 1. The first-order chi connectivity index (χ1) is 11.9. The highest BCUT2D eigenvalue weighted by atomic mass is 16.5. The number of hydrogen-bond acceptors (Lipinski definition) is 6. The number of aromatic hydroxyl groups is 1. The van der Waals surface area contributed by atoms with Crippen LogP contribution in [-0.2, 0) is 9.59 Å². The zero-order chi connectivity index (χ0) is 18.0. The number of esters is 1. The minimum absolute atomic E-state index is 0.0691. The summed E-state index contributed by atoms with van der Waals surface area (Å²) in [7, 11) is 0. The molecule has 1 heterocycles. The van der Waals surface area contributed by atoms with Gasteiger partial charge in [-0.15, -0.1) is 0 Å². The monoisotopic (exact) mass is 342 g/mol. The predicted molar refractivity (Wildman–Crippen MR) is 88.0 cm³/mol. The smallest absolute Gasteiger partial charge is 0.339 e. The first kappa shape index (κ1) is 16.3. The Labute approximate surface area is 142 Å². The fourth-order valence-electron chi connectivity index (χ4n) is 2.50. The van der Waals surface area contributed by atoms with Crippen molar-refractivity contribution in [3.8, 4) is 11.5 Å². The summed E-state index contributed by atoms with van der Waals surface area (Å²) in [5.74, 6) is -2.22. The van der Waals surface area contributed by atoms with Crippen LogP contribution in [0.25, 0.3) is 0 Å². The molecule has 2 aromatic rings. The molecule has 0 saturated carbocycles. The van der Waals surface area contributed by atoms with Crippen molar-refractivity contribution < 1.29 is 29.3 Å². The second-order valence-electron chi connectivity index (χ2n) is 5.38. The van der Waals surface area contributed by atoms with Gasteiger partial charge in [-0.05, 0) is 30.3 Å². The zero-order valence-electron chi connectivity index (χ0n) is 12.9. The molecule has 0 bridgehead atoms. The number of nitrogens with one attached hydrogen (secondary N) is 1. The molecular formula is C17H14N2O6. The number of carbonyl (C=O) groups excluding carboxylic acids is 2. The van der Waals surface area contributed by atoms with Crippen LogP contribution in [0, 0.1) is 0 Å². The van der Waals surface area contributed by atoms with Gasteiger partial charge in [0.2, 0.25) is 5.91 Å². The molecule has 8 nitrogen and oxygen atoms in total. The van der Waals surface area contributed by atoms with Crippen LogP contribution in [0.4, 0.5) is 11.4 Å². The maximum Gasteiger partial charge on any atom is 0.339 e. The standard InChI is InChI=1S/C17H14N2O6/c20-13-6-5-10(7-11(13)17(23)24)18-15(21)8-19-9-16(22)25-14-4-2-1-3-12(14)19/h1-7,20H,8-9H2,(H,18,21)(H,23,24). The lowest BCUT2D eigenvalue weighted by Crippen LogP contribution is -2.41. The van der Waals surface area contributed by atoms with E-state index in [1.807, 2.05) is 0 Å². The quantitative estimate of drug-likeness (QED) is 0.437. The van der Waals surface area contributed by atoms with E-state index in [4.69, 9.17) is 9.84 Å². The topological polar surface area (TPSA) is 116 Å². The van der Waals surface area contributed by atoms with Gasteiger partial charge in [-0.2, -0.15) is 0 Å². The van der Waals surface area contributed by atoms with Crippen LogP contribution in [0.1, 0.15) is 10.4 Å². The minimum Gasteiger partial charge on any atom is -0.507 e. The van der Waals surface area contributed by atoms with E-state index >= 15 is 0 Å². The summed E-state index contributed by atoms with van der Waals surface area (Å²) < 4.78 is 5.11. The van der Waals surface area contributed by atoms with Gasteiger partial charge in [0.15, 0.2) is 5.75 Å². The number of carboxylic acid groups (broad SMARTS) is 1. The van der Waals surface area contributed by atoms with Gasteiger partial charge in [0.25, 0.3) is 0 Å². The first-order valence-corrected chi connectivity index (χ1v) is 7.35. The number of aromatic carboxylic acids is 1. The van der Waals surface area contributed by atoms with Gasteiger partial charge in [0.1, 0.15) is 17.9 Å². The van der Waals surface area contributed by atoms with Crippen LogP contribution < -0.4 is 15.0 Å². The fraction of sp³-hybridized carbons (Fsp3) is 0.118. The average Bonchev–Trinajstić information content (AvgIpc) is 2.56. The Hall–Kier alpha value is -3.55. The maximum atomic E-state index is 12.2. The van der Waals surface area contributed by atoms with Gasteiger partial charge < -0.3 is 25.2 Å². The second-order valence-corrected chi connectivity index (χ2v) is 5.38. The van der Waals surface area contributed by atoms with E-state index in [1.165, 1.54) is 12.1 Å². The fourth-order valence-corrected chi connectivity index (χ4v) is 2.50. The van der Waals surface area contributed by atoms with E-state index in [0.717, 1.165) is 6.07 Å². The molecule has 1 aliphatic heterocycles. The lowest BCUT2D eigenvalue weighted by Gasteiger charge is -2.29. The van der Waals surface area contributed by atoms with E-state index in [9.17, 15) is 19.5 Å². The number of amides is 1. The predicted octanol–water partition coefficient (Wildman–Crippen LogP) is 1.45. The number of carboxylic acids is 1. The third kappa shape index (κ3) is 3.52. The summed E-state index contributed by atoms with van der Waals surface area (Å²) in [5.41, 5.74) is 0.534. The van der Waals surface area contributed by atoms with Gasteiger partial charge >= 0.3 is 11.9 Å². The SMILES string of the molecule is O=C(CN1CC(=O)Oc2ccccc21)Nc1ccc(O)c(C(=O)O)c1. The van der Waals surface area contributed by atoms with Crippen LogP contribution in [-0.4, -0.2) is 41.1 Å². The number of carbonyl (C=O) groups is 3.